The molecule has 0 saturated heterocycles. The SMILES string of the molecule is O=C(CN1C(=O)/C(=C\c2ccccc2Br)Oc2ccccc21)NCCc1ccccc1. The topological polar surface area (TPSA) is 58.6 Å². The van der Waals surface area contributed by atoms with Crippen LogP contribution >= 0.6 is 15.9 Å². The summed E-state index contributed by atoms with van der Waals surface area (Å²) >= 11 is 3.49. The lowest BCUT2D eigenvalue weighted by molar-refractivity contribution is -0.123. The van der Waals surface area contributed by atoms with Crippen LogP contribution in [0.5, 0.6) is 5.75 Å². The second kappa shape index (κ2) is 9.62. The molecule has 4 rings (SSSR count). The first kappa shape index (κ1) is 20.9. The lowest BCUT2D eigenvalue weighted by atomic mass is 10.1. The van der Waals surface area contributed by atoms with Gasteiger partial charge in [0, 0.05) is 11.0 Å². The van der Waals surface area contributed by atoms with Crippen LogP contribution in [0, 0.1) is 0 Å². The summed E-state index contributed by atoms with van der Waals surface area (Å²) in [6.07, 6.45) is 2.41. The lowest BCUT2D eigenvalue weighted by Crippen LogP contribution is -2.44. The zero-order valence-electron chi connectivity index (χ0n) is 16.8. The summed E-state index contributed by atoms with van der Waals surface area (Å²) in [4.78, 5) is 27.2. The van der Waals surface area contributed by atoms with Crippen LogP contribution in [0.4, 0.5) is 5.69 Å². The lowest BCUT2D eigenvalue weighted by Gasteiger charge is -2.30. The number of nitrogens with zero attached hydrogens (tertiary/aromatic N) is 1. The smallest absolute Gasteiger partial charge is 0.294 e. The Morgan fingerprint density at radius 2 is 1.68 bits per heavy atom. The summed E-state index contributed by atoms with van der Waals surface area (Å²) in [6, 6.07) is 24.7. The molecule has 0 fully saturated rings. The fourth-order valence-corrected chi connectivity index (χ4v) is 3.74. The minimum Gasteiger partial charge on any atom is -0.449 e. The van der Waals surface area contributed by atoms with Crippen LogP contribution in [0.2, 0.25) is 0 Å². The van der Waals surface area contributed by atoms with Crippen LogP contribution < -0.4 is 15.0 Å². The van der Waals surface area contributed by atoms with Gasteiger partial charge in [-0.2, -0.15) is 0 Å². The number of nitrogens with one attached hydrogen (secondary N) is 1. The quantitative estimate of drug-likeness (QED) is 0.529. The van der Waals surface area contributed by atoms with E-state index in [0.717, 1.165) is 22.0 Å². The zero-order valence-corrected chi connectivity index (χ0v) is 18.3. The number of para-hydroxylation sites is 2. The van der Waals surface area contributed by atoms with E-state index in [1.165, 1.54) is 4.90 Å². The van der Waals surface area contributed by atoms with Crippen LogP contribution in [0.25, 0.3) is 6.08 Å². The molecule has 3 aromatic rings. The molecule has 0 unspecified atom stereocenters. The van der Waals surface area contributed by atoms with Crippen molar-refractivity contribution < 1.29 is 14.3 Å². The highest BCUT2D eigenvalue weighted by Gasteiger charge is 2.31. The van der Waals surface area contributed by atoms with Crippen molar-refractivity contribution in [3.8, 4) is 5.75 Å². The predicted octanol–water partition coefficient (Wildman–Crippen LogP) is 4.57. The molecule has 0 bridgehead atoms. The van der Waals surface area contributed by atoms with Gasteiger partial charge in [-0.3, -0.25) is 14.5 Å². The number of anilines is 1. The van der Waals surface area contributed by atoms with Crippen molar-refractivity contribution in [2.24, 2.45) is 0 Å². The van der Waals surface area contributed by atoms with Gasteiger partial charge in [0.05, 0.1) is 5.69 Å². The zero-order chi connectivity index (χ0) is 21.6. The number of ether oxygens (including phenoxy) is 1. The van der Waals surface area contributed by atoms with Crippen LogP contribution in [0.1, 0.15) is 11.1 Å². The first-order chi connectivity index (χ1) is 15.1. The van der Waals surface area contributed by atoms with Gasteiger partial charge in [-0.1, -0.05) is 76.6 Å². The predicted molar refractivity (Wildman–Crippen MR) is 125 cm³/mol. The molecule has 5 nitrogen and oxygen atoms in total. The molecular weight excluding hydrogens is 456 g/mol. The first-order valence-corrected chi connectivity index (χ1v) is 10.8. The third-order valence-electron chi connectivity index (χ3n) is 4.90. The average molecular weight is 477 g/mol. The van der Waals surface area contributed by atoms with E-state index in [0.29, 0.717) is 18.0 Å². The number of benzene rings is 3. The Labute approximate surface area is 189 Å². The Balaban J connectivity index is 1.51. The molecule has 0 aliphatic carbocycles. The standard InChI is InChI=1S/C25H21BrN2O3/c26-20-11-5-4-10-19(20)16-23-25(30)28(21-12-6-7-13-22(21)31-23)17-24(29)27-15-14-18-8-2-1-3-9-18/h1-13,16H,14-15,17H2,(H,27,29)/b23-16+. The second-order valence-corrected chi connectivity index (χ2v) is 7.93. The van der Waals surface area contributed by atoms with Gasteiger partial charge in [-0.15, -0.1) is 0 Å². The Kier molecular flexibility index (Phi) is 6.48. The molecule has 156 valence electrons. The number of hydrogen-bond donors (Lipinski definition) is 1. The molecule has 0 saturated carbocycles. The van der Waals surface area contributed by atoms with Crippen molar-refractivity contribution in [2.75, 3.05) is 18.0 Å². The molecule has 0 aromatic heterocycles. The van der Waals surface area contributed by atoms with Crippen LogP contribution in [0.15, 0.2) is 89.1 Å². The maximum absolute atomic E-state index is 13.2. The number of amides is 2. The number of halogens is 1. The molecule has 31 heavy (non-hydrogen) atoms. The third kappa shape index (κ3) is 5.03. The van der Waals surface area contributed by atoms with E-state index in [9.17, 15) is 9.59 Å². The fraction of sp³-hybridized carbons (Fsp3) is 0.120. The molecule has 0 atom stereocenters. The van der Waals surface area contributed by atoms with Gasteiger partial charge < -0.3 is 10.1 Å². The van der Waals surface area contributed by atoms with Crippen molar-refractivity contribution >= 4 is 39.5 Å². The van der Waals surface area contributed by atoms with Crippen molar-refractivity contribution in [1.29, 1.82) is 0 Å². The van der Waals surface area contributed by atoms with E-state index in [-0.39, 0.29) is 24.1 Å². The summed E-state index contributed by atoms with van der Waals surface area (Å²) < 4.78 is 6.72. The molecule has 1 heterocycles. The molecule has 0 spiro atoms. The Morgan fingerprint density at radius 3 is 2.48 bits per heavy atom. The van der Waals surface area contributed by atoms with Crippen molar-refractivity contribution in [2.45, 2.75) is 6.42 Å². The molecule has 1 aliphatic rings. The van der Waals surface area contributed by atoms with Gasteiger partial charge >= 0.3 is 0 Å². The van der Waals surface area contributed by atoms with Crippen LogP contribution in [-0.4, -0.2) is 24.9 Å². The maximum Gasteiger partial charge on any atom is 0.294 e. The largest absolute Gasteiger partial charge is 0.449 e. The van der Waals surface area contributed by atoms with E-state index < -0.39 is 0 Å². The van der Waals surface area contributed by atoms with Gasteiger partial charge in [0.25, 0.3) is 5.91 Å². The highest BCUT2D eigenvalue weighted by Crippen LogP contribution is 2.35. The van der Waals surface area contributed by atoms with E-state index >= 15 is 0 Å². The van der Waals surface area contributed by atoms with Gasteiger partial charge in [-0.05, 0) is 41.8 Å². The molecule has 3 aromatic carbocycles. The summed E-state index contributed by atoms with van der Waals surface area (Å²) in [5.41, 5.74) is 2.54. The summed E-state index contributed by atoms with van der Waals surface area (Å²) in [5, 5.41) is 2.90. The normalized spacial score (nSPS) is 14.2. The monoisotopic (exact) mass is 476 g/mol. The van der Waals surface area contributed by atoms with Gasteiger partial charge in [0.15, 0.2) is 11.5 Å². The Bertz CT molecular complexity index is 1130. The Morgan fingerprint density at radius 1 is 0.968 bits per heavy atom. The Hall–Kier alpha value is -3.38. The number of carbonyl (C=O) groups is 2. The maximum atomic E-state index is 13.2. The average Bonchev–Trinajstić information content (AvgIpc) is 2.79. The summed E-state index contributed by atoms with van der Waals surface area (Å²) in [6.45, 7) is 0.421. The van der Waals surface area contributed by atoms with Crippen molar-refractivity contribution in [3.05, 3.63) is 100 Å². The fourth-order valence-electron chi connectivity index (χ4n) is 3.34. The number of hydrogen-bond acceptors (Lipinski definition) is 3. The number of fused-ring (bicyclic) bond motifs is 1. The van der Waals surface area contributed by atoms with E-state index in [2.05, 4.69) is 21.2 Å². The highest BCUT2D eigenvalue weighted by molar-refractivity contribution is 9.10. The highest BCUT2D eigenvalue weighted by atomic mass is 79.9. The molecule has 6 heteroatoms. The van der Waals surface area contributed by atoms with Gasteiger partial charge in [-0.25, -0.2) is 0 Å². The summed E-state index contributed by atoms with van der Waals surface area (Å²) in [7, 11) is 0. The van der Waals surface area contributed by atoms with Crippen LogP contribution in [-0.2, 0) is 16.0 Å². The molecule has 2 amide bonds. The third-order valence-corrected chi connectivity index (χ3v) is 5.63. The molecule has 1 aliphatic heterocycles. The van der Waals surface area contributed by atoms with Gasteiger partial charge in [0.2, 0.25) is 5.91 Å². The minimum atomic E-state index is -0.354. The minimum absolute atomic E-state index is 0.0820. The summed E-state index contributed by atoms with van der Waals surface area (Å²) in [5.74, 6) is 0.133. The van der Waals surface area contributed by atoms with E-state index in [1.54, 1.807) is 18.2 Å². The van der Waals surface area contributed by atoms with E-state index in [1.807, 2.05) is 66.7 Å². The number of carbonyl (C=O) groups excluding carboxylic acids is 2. The van der Waals surface area contributed by atoms with Crippen molar-refractivity contribution in [1.82, 2.24) is 5.32 Å². The van der Waals surface area contributed by atoms with Crippen LogP contribution in [0.3, 0.4) is 0 Å². The second-order valence-electron chi connectivity index (χ2n) is 7.08. The van der Waals surface area contributed by atoms with E-state index in [4.69, 9.17) is 4.74 Å². The number of rotatable bonds is 6. The van der Waals surface area contributed by atoms with Crippen molar-refractivity contribution in [3.63, 3.8) is 0 Å². The first-order valence-electron chi connectivity index (χ1n) is 9.97. The molecule has 0 radical (unpaired) electrons. The molecule has 1 N–H and O–H groups in total. The van der Waals surface area contributed by atoms with Gasteiger partial charge in [0.1, 0.15) is 6.54 Å². The molecular formula is C25H21BrN2O3.